The predicted octanol–water partition coefficient (Wildman–Crippen LogP) is 0.808. The molecule has 0 radical (unpaired) electrons. The Morgan fingerprint density at radius 2 is 1.03 bits per heavy atom. The van der Waals surface area contributed by atoms with Crippen LogP contribution >= 0.6 is 11.6 Å². The van der Waals surface area contributed by atoms with Gasteiger partial charge in [0.05, 0.1) is 38.1 Å². The maximum absolute atomic E-state index is 12.2. The van der Waals surface area contributed by atoms with Gasteiger partial charge in [-0.1, -0.05) is 6.07 Å². The number of aryl methyl sites for hydroxylation is 1. The molecule has 66 heavy (non-hydrogen) atoms. The van der Waals surface area contributed by atoms with Gasteiger partial charge in [0, 0.05) is 72.0 Å². The van der Waals surface area contributed by atoms with Crippen molar-refractivity contribution in [1.29, 1.82) is 0 Å². The van der Waals surface area contributed by atoms with Gasteiger partial charge in [0.25, 0.3) is 39.2 Å². The van der Waals surface area contributed by atoms with E-state index in [-0.39, 0.29) is 28.2 Å². The third-order valence-electron chi connectivity index (χ3n) is 9.01. The van der Waals surface area contributed by atoms with Crippen LogP contribution in [0.5, 0.6) is 17.2 Å². The number of aromatic nitrogens is 12. The summed E-state index contributed by atoms with van der Waals surface area (Å²) in [7, 11) is 12.4. The summed E-state index contributed by atoms with van der Waals surface area (Å²) in [6.45, 7) is 4.65. The molecule has 0 aliphatic carbocycles. The summed E-state index contributed by atoms with van der Waals surface area (Å²) in [5.41, 5.74) is 9.55. The van der Waals surface area contributed by atoms with Crippen molar-refractivity contribution in [2.24, 2.45) is 0 Å². The fourth-order valence-corrected chi connectivity index (χ4v) is 5.84. The average molecular weight is 930 g/mol. The lowest BCUT2D eigenvalue weighted by Crippen LogP contribution is -2.44. The molecule has 4 aromatic heterocycles. The largest absolute Gasteiger partial charge is 0.739 e. The van der Waals surface area contributed by atoms with Crippen molar-refractivity contribution in [3.63, 3.8) is 0 Å². The number of nitrogens with one attached hydrogen (secondary N) is 2. The fourth-order valence-electron chi connectivity index (χ4n) is 5.68. The van der Waals surface area contributed by atoms with Gasteiger partial charge in [0.2, 0.25) is 5.10 Å². The van der Waals surface area contributed by atoms with E-state index in [1.807, 2.05) is 51.0 Å². The smallest absolute Gasteiger partial charge is 0.461 e. The molecule has 0 saturated carbocycles. The van der Waals surface area contributed by atoms with Gasteiger partial charge in [-0.2, -0.15) is 0 Å². The van der Waals surface area contributed by atoms with Crippen molar-refractivity contribution >= 4 is 73.6 Å². The Bertz CT molecular complexity index is 2930. The molecule has 0 aliphatic heterocycles. The van der Waals surface area contributed by atoms with Crippen LogP contribution in [0.1, 0.15) is 5.56 Å². The van der Waals surface area contributed by atoms with Crippen molar-refractivity contribution in [3.8, 4) is 17.2 Å². The van der Waals surface area contributed by atoms with Crippen LogP contribution in [0.2, 0.25) is 5.28 Å². The number of methoxy groups -OCH3 is 3. The Morgan fingerprint density at radius 3 is 1.61 bits per heavy atom. The number of nitrogen functional groups attached to an aromatic ring is 1. The number of fused-ring (bicyclic) bond motifs is 4. The molecule has 26 heteroatoms. The summed E-state index contributed by atoms with van der Waals surface area (Å²) >= 11 is 5.54. The Morgan fingerprint density at radius 1 is 0.561 bits per heavy atom. The highest BCUT2D eigenvalue weighted by Crippen LogP contribution is 2.19. The number of ether oxygens (including phenoxy) is 3. The number of hydrogen-bond donors (Lipinski definition) is 3. The minimum Gasteiger partial charge on any atom is -0.739 e. The highest BCUT2D eigenvalue weighted by Gasteiger charge is 2.20. The van der Waals surface area contributed by atoms with Crippen molar-refractivity contribution in [2.45, 2.75) is 6.92 Å². The zero-order valence-corrected chi connectivity index (χ0v) is 38.0. The number of halogens is 1. The van der Waals surface area contributed by atoms with Crippen LogP contribution in [0.4, 0.5) is 17.8 Å². The first kappa shape index (κ1) is 49.0. The second-order valence-corrected chi connectivity index (χ2v) is 14.8. The van der Waals surface area contributed by atoms with Crippen molar-refractivity contribution in [1.82, 2.24) is 45.1 Å². The van der Waals surface area contributed by atoms with E-state index in [1.54, 1.807) is 61.7 Å². The zero-order chi connectivity index (χ0) is 48.1. The molecule has 0 fully saturated rings. The van der Waals surface area contributed by atoms with Crippen LogP contribution in [0.3, 0.4) is 0 Å². The molecule has 0 spiro atoms. The molecule has 0 atom stereocenters. The van der Waals surface area contributed by atoms with E-state index >= 15 is 0 Å². The lowest BCUT2D eigenvalue weighted by Gasteiger charge is -2.12. The van der Waals surface area contributed by atoms with Crippen LogP contribution in [-0.2, 0) is 0 Å². The Hall–Kier alpha value is -8.03. The van der Waals surface area contributed by atoms with Gasteiger partial charge < -0.3 is 61.1 Å². The third kappa shape index (κ3) is 13.0. The van der Waals surface area contributed by atoms with E-state index in [1.165, 1.54) is 26.4 Å². The van der Waals surface area contributed by atoms with Gasteiger partial charge in [-0.15, -0.1) is 0 Å². The van der Waals surface area contributed by atoms with Crippen LogP contribution in [0, 0.1) is 33.0 Å². The number of nitrogens with two attached hydrogens (primary N) is 1. The molecule has 4 N–H and O–H groups in total. The lowest BCUT2D eigenvalue weighted by atomic mass is 10.2. The molecular weight excluding hydrogens is 882 g/mol. The van der Waals surface area contributed by atoms with Gasteiger partial charge >= 0.3 is 5.95 Å². The summed E-state index contributed by atoms with van der Waals surface area (Å²) in [6, 6.07) is 19.9. The van der Waals surface area contributed by atoms with E-state index in [2.05, 4.69) is 46.0 Å². The molecular formula is C40H48ClN17O8. The van der Waals surface area contributed by atoms with Gasteiger partial charge in [-0.3, -0.25) is 5.32 Å². The molecule has 0 saturated heterocycles. The summed E-state index contributed by atoms with van der Waals surface area (Å²) in [6.07, 6.45) is 0. The van der Waals surface area contributed by atoms with E-state index in [4.69, 9.17) is 31.5 Å². The standard InChI is InChI=1S/C12H17N5O3.C12H17N5O2.C8H6ClN3O2.C8H8N4O/c1-15(2)7-6-13-12-14-17(19)10-5-4-9(20-3)8-11(10)16(12)18;1-16(2)7-6-13-12-14-10-8-9(19-3)4-5-11(10)17(18)15-12;1-14-5-2-3-7-6(4-5)10-8(9)11-12(7)13;1-5-2-3-7-6(4-5)10-8(9)11-12(7)13/h4-5,8H,6-7H2,1-3H3,(H,13,14);4-5,8H,6-7H2,1-3H3,(H,13,14,15);2-4H,1H3;2-4H,1H3,(H2,9,10,11). The van der Waals surface area contributed by atoms with E-state index in [0.29, 0.717) is 93.5 Å². The van der Waals surface area contributed by atoms with Crippen LogP contribution < -0.4 is 54.7 Å². The first-order valence-corrected chi connectivity index (χ1v) is 20.1. The molecule has 4 heterocycles. The van der Waals surface area contributed by atoms with Crippen molar-refractivity contribution < 1.29 is 38.3 Å². The highest BCUT2D eigenvalue weighted by atomic mass is 35.5. The molecule has 0 unspecified atom stereocenters. The van der Waals surface area contributed by atoms with Crippen molar-refractivity contribution in [2.75, 3.05) is 92.1 Å². The molecule has 4 aromatic carbocycles. The van der Waals surface area contributed by atoms with Crippen molar-refractivity contribution in [3.05, 3.63) is 110 Å². The summed E-state index contributed by atoms with van der Waals surface area (Å²) in [5, 5.41) is 78.4. The summed E-state index contributed by atoms with van der Waals surface area (Å²) < 4.78 is 15.8. The fraction of sp³-hybridized carbons (Fsp3) is 0.300. The normalized spacial score (nSPS) is 10.8. The SMILES string of the molecule is COc1ccc2c(c1)[n+]([O-])c(NCCN(C)C)n[n+]2[O-].COc1ccc2c(c1)nc(Cl)n[n+]2[O-].COc1ccc2c(c1)nc(NCCN(C)C)n[n+]2[O-].Cc1ccc2c(c1)nc(N)n[n+]2[O-]. The van der Waals surface area contributed by atoms with Gasteiger partial charge in [0.1, 0.15) is 33.8 Å². The number of nitrogens with zero attached hydrogens (tertiary/aromatic N) is 14. The molecule has 0 aliphatic rings. The third-order valence-corrected chi connectivity index (χ3v) is 9.17. The quantitative estimate of drug-likeness (QED) is 0.119. The summed E-state index contributed by atoms with van der Waals surface area (Å²) in [5.74, 6) is 2.07. The summed E-state index contributed by atoms with van der Waals surface area (Å²) in [4.78, 5) is 18.0. The average Bonchev–Trinajstić information content (AvgIpc) is 3.27. The maximum Gasteiger partial charge on any atom is 0.461 e. The van der Waals surface area contributed by atoms with E-state index in [0.717, 1.165) is 18.7 Å². The minimum absolute atomic E-state index is 0.00639. The molecule has 0 amide bonds. The molecule has 8 rings (SSSR count). The Labute approximate surface area is 382 Å². The predicted molar refractivity (Wildman–Crippen MR) is 243 cm³/mol. The second-order valence-electron chi connectivity index (χ2n) is 14.4. The van der Waals surface area contributed by atoms with Crippen LogP contribution in [-0.4, -0.2) is 121 Å². The number of anilines is 3. The molecule has 25 nitrogen and oxygen atoms in total. The topological polar surface area (TPSA) is 309 Å². The number of hydrogen-bond acceptors (Lipinski definition) is 20. The highest BCUT2D eigenvalue weighted by molar-refractivity contribution is 6.28. The molecule has 0 bridgehead atoms. The molecule has 8 aromatic rings. The van der Waals surface area contributed by atoms with Crippen LogP contribution in [0.15, 0.2) is 72.8 Å². The second kappa shape index (κ2) is 22.5. The first-order chi connectivity index (χ1) is 31.5. The van der Waals surface area contributed by atoms with Gasteiger partial charge in [0.15, 0.2) is 5.52 Å². The van der Waals surface area contributed by atoms with E-state index < -0.39 is 0 Å². The Balaban J connectivity index is 0.000000167. The van der Waals surface area contributed by atoms with Gasteiger partial charge in [-0.05, 0) is 91.1 Å². The van der Waals surface area contributed by atoms with Crippen LogP contribution in [0.25, 0.3) is 44.1 Å². The maximum atomic E-state index is 12.2. The number of likely N-dealkylation sites (N-methyl/N-ethyl adjacent to an activating group) is 2. The molecule has 348 valence electrons. The Kier molecular flexibility index (Phi) is 16.7. The van der Waals surface area contributed by atoms with E-state index in [9.17, 15) is 26.0 Å². The number of rotatable bonds is 11. The number of benzene rings is 4. The first-order valence-electron chi connectivity index (χ1n) is 19.7. The van der Waals surface area contributed by atoms with Gasteiger partial charge in [-0.25, -0.2) is 19.7 Å². The minimum atomic E-state index is -0.0826. The lowest BCUT2D eigenvalue weighted by molar-refractivity contribution is -0.672. The monoisotopic (exact) mass is 929 g/mol. The zero-order valence-electron chi connectivity index (χ0n) is 37.2.